The molecule has 322 valence electrons. The molecule has 4 bridgehead atoms. The lowest BCUT2D eigenvalue weighted by Crippen LogP contribution is -2.63. The number of methoxy groups -OCH3 is 2. The number of amides is 3. The molecule has 1 aromatic rings. The number of aliphatic hydroxyl groups is 1. The predicted molar refractivity (Wildman–Crippen MR) is 225 cm³/mol. The quantitative estimate of drug-likeness (QED) is 0.102. The van der Waals surface area contributed by atoms with Crippen LogP contribution < -0.4 is 15.0 Å². The zero-order valence-corrected chi connectivity index (χ0v) is 37.4. The number of ether oxygens (including phenoxy) is 5. The van der Waals surface area contributed by atoms with Crippen molar-refractivity contribution < 1.29 is 52.8 Å². The number of hydrogen-bond donors (Lipinski definition) is 2. The van der Waals surface area contributed by atoms with E-state index in [0.717, 1.165) is 17.6 Å². The molecule has 3 aliphatic heterocycles. The number of nitrogens with zero attached hydrogens (tertiary/aromatic N) is 2. The average Bonchev–Trinajstić information content (AvgIpc) is 3.87. The molecule has 0 radical (unpaired) electrons. The van der Waals surface area contributed by atoms with Gasteiger partial charge in [-0.25, -0.2) is 9.59 Å². The van der Waals surface area contributed by atoms with Gasteiger partial charge < -0.3 is 43.4 Å². The van der Waals surface area contributed by atoms with E-state index >= 15 is 0 Å². The largest absolute Gasteiger partial charge is 0.495 e. The highest BCUT2D eigenvalue weighted by molar-refractivity contribution is 8.76. The van der Waals surface area contributed by atoms with Crippen LogP contribution in [-0.2, 0) is 44.5 Å². The molecule has 0 spiro atoms. The Hall–Kier alpha value is -3.28. The maximum absolute atomic E-state index is 14.2. The number of nitrogens with one attached hydrogen (secondary N) is 1. The summed E-state index contributed by atoms with van der Waals surface area (Å²) in [6, 6.07) is 2.58. The highest BCUT2D eigenvalue weighted by atomic mass is 35.5. The lowest BCUT2D eigenvalue weighted by molar-refractivity contribution is -0.162. The zero-order chi connectivity index (χ0) is 43.1. The molecular formula is C41H58ClN3O11S2. The number of benzene rings is 1. The van der Waals surface area contributed by atoms with Gasteiger partial charge >= 0.3 is 12.1 Å². The van der Waals surface area contributed by atoms with Crippen molar-refractivity contribution in [3.05, 3.63) is 46.5 Å². The van der Waals surface area contributed by atoms with Crippen molar-refractivity contribution in [1.82, 2.24) is 10.2 Å². The third-order valence-corrected chi connectivity index (χ3v) is 14.4. The summed E-state index contributed by atoms with van der Waals surface area (Å²) < 4.78 is 29.3. The van der Waals surface area contributed by atoms with Crippen molar-refractivity contribution in [2.75, 3.05) is 39.0 Å². The van der Waals surface area contributed by atoms with Crippen LogP contribution in [0, 0.1) is 5.92 Å². The third-order valence-electron chi connectivity index (χ3n) is 11.1. The van der Waals surface area contributed by atoms with E-state index in [2.05, 4.69) is 5.32 Å². The highest BCUT2D eigenvalue weighted by Crippen LogP contribution is 2.49. The highest BCUT2D eigenvalue weighted by Gasteiger charge is 2.64. The fourth-order valence-corrected chi connectivity index (χ4v) is 9.78. The number of rotatable bonds is 13. The number of anilines is 1. The van der Waals surface area contributed by atoms with Crippen LogP contribution in [-0.4, -0.2) is 121 Å². The summed E-state index contributed by atoms with van der Waals surface area (Å²) in [7, 11) is 9.17. The van der Waals surface area contributed by atoms with E-state index in [0.29, 0.717) is 30.0 Å². The van der Waals surface area contributed by atoms with Crippen molar-refractivity contribution in [3.8, 4) is 5.75 Å². The first-order valence-corrected chi connectivity index (χ1v) is 22.1. The monoisotopic (exact) mass is 867 g/mol. The molecule has 0 aliphatic carbocycles. The molecule has 2 N–H and O–H groups in total. The first kappa shape index (κ1) is 47.4. The number of ketones is 1. The Labute approximate surface area is 354 Å². The Kier molecular flexibility index (Phi) is 16.6. The van der Waals surface area contributed by atoms with Gasteiger partial charge in [0.05, 0.1) is 25.3 Å². The lowest BCUT2D eigenvalue weighted by atomic mass is 9.83. The van der Waals surface area contributed by atoms with Gasteiger partial charge in [0.2, 0.25) is 11.8 Å². The fraction of sp³-hybridized carbons (Fsp3) is 0.634. The topological polar surface area (TPSA) is 174 Å². The van der Waals surface area contributed by atoms with Gasteiger partial charge in [-0.2, -0.15) is 0 Å². The number of allylic oxidation sites excluding steroid dienone is 3. The molecule has 3 aliphatic rings. The molecule has 17 heteroatoms. The Bertz CT molecular complexity index is 1760. The summed E-state index contributed by atoms with van der Waals surface area (Å²) in [5, 5.41) is 14.8. The normalized spacial score (nSPS) is 30.0. The molecule has 3 heterocycles. The molecule has 14 nitrogen and oxygen atoms in total. The minimum absolute atomic E-state index is 0.0598. The number of fused-ring (bicyclic) bond motifs is 5. The fourth-order valence-electron chi connectivity index (χ4n) is 7.14. The minimum Gasteiger partial charge on any atom is -0.495 e. The molecule has 9 atom stereocenters. The number of epoxide rings is 1. The molecule has 9 unspecified atom stereocenters. The smallest absolute Gasteiger partial charge is 0.409 e. The maximum atomic E-state index is 14.2. The van der Waals surface area contributed by atoms with Gasteiger partial charge in [-0.3, -0.25) is 14.9 Å². The first-order valence-electron chi connectivity index (χ1n) is 19.4. The van der Waals surface area contributed by atoms with E-state index in [1.165, 1.54) is 41.9 Å². The second kappa shape index (κ2) is 20.3. The summed E-state index contributed by atoms with van der Waals surface area (Å²) in [5.74, 6) is -0.961. The number of hydrogen-bond acceptors (Lipinski definition) is 13. The second-order valence-electron chi connectivity index (χ2n) is 15.6. The first-order chi connectivity index (χ1) is 27.2. The van der Waals surface area contributed by atoms with Gasteiger partial charge in [0.15, 0.2) is 5.72 Å². The minimum atomic E-state index is -1.84. The lowest BCUT2D eigenvalue weighted by Gasteiger charge is -2.42. The molecule has 1 aromatic carbocycles. The number of likely N-dealkylation sites (N-methyl/N-ethyl adjacent to an activating group) is 1. The number of alkyl carbamates (subject to hydrolysis) is 1. The number of halogens is 1. The van der Waals surface area contributed by atoms with Crippen LogP contribution in [0.4, 0.5) is 10.5 Å². The Morgan fingerprint density at radius 2 is 1.90 bits per heavy atom. The summed E-state index contributed by atoms with van der Waals surface area (Å²) in [4.78, 5) is 68.2. The molecule has 0 saturated carbocycles. The van der Waals surface area contributed by atoms with E-state index in [9.17, 15) is 29.1 Å². The van der Waals surface area contributed by atoms with Gasteiger partial charge in [0.25, 0.3) is 0 Å². The van der Waals surface area contributed by atoms with E-state index in [4.69, 9.17) is 35.3 Å². The molecule has 3 amide bonds. The summed E-state index contributed by atoms with van der Waals surface area (Å²) in [5.41, 5.74) is -0.964. The average molecular weight is 869 g/mol. The molecule has 0 aromatic heterocycles. The summed E-state index contributed by atoms with van der Waals surface area (Å²) >= 11 is 6.78. The molecule has 4 rings (SSSR count). The van der Waals surface area contributed by atoms with Crippen LogP contribution >= 0.6 is 33.2 Å². The molecular weight excluding hydrogens is 810 g/mol. The van der Waals surface area contributed by atoms with E-state index in [1.807, 2.05) is 19.9 Å². The SMILES string of the molecule is COc1cc2cc(c1Cl)N(C)C(=O)CC(OC(=O)C(C)N(C)C(=O)CCSSC(C)CCC(C)=O)C1(C)OC1C(C)C1CC(O)(NC(=O)O1)C(OC)/C=C/C=C(\C)C2. The van der Waals surface area contributed by atoms with Gasteiger partial charge in [-0.15, -0.1) is 0 Å². The number of Topliss-reactive ketones (excluding diaryl/α,β-unsaturated/α-hetero) is 1. The van der Waals surface area contributed by atoms with Crippen LogP contribution in [0.1, 0.15) is 79.2 Å². The maximum Gasteiger partial charge on any atom is 0.409 e. The third kappa shape index (κ3) is 11.7. The molecule has 58 heavy (non-hydrogen) atoms. The van der Waals surface area contributed by atoms with Gasteiger partial charge in [-0.05, 0) is 58.2 Å². The van der Waals surface area contributed by atoms with Gasteiger partial charge in [0.1, 0.15) is 46.5 Å². The second-order valence-corrected chi connectivity index (χ2v) is 18.9. The molecule has 2 fully saturated rings. The van der Waals surface area contributed by atoms with Crippen LogP contribution in [0.2, 0.25) is 5.02 Å². The van der Waals surface area contributed by atoms with Gasteiger partial charge in [-0.1, -0.05) is 70.8 Å². The number of esters is 1. The van der Waals surface area contributed by atoms with Crippen molar-refractivity contribution >= 4 is 68.5 Å². The number of carbonyl (C=O) groups excluding carboxylic acids is 5. The summed E-state index contributed by atoms with van der Waals surface area (Å²) in [6.07, 6.45) is 2.29. The number of carbonyl (C=O) groups is 5. The van der Waals surface area contributed by atoms with Crippen LogP contribution in [0.15, 0.2) is 35.9 Å². The van der Waals surface area contributed by atoms with E-state index < -0.39 is 65.7 Å². The summed E-state index contributed by atoms with van der Waals surface area (Å²) in [6.45, 7) is 10.6. The van der Waals surface area contributed by atoms with Crippen LogP contribution in [0.25, 0.3) is 0 Å². The Morgan fingerprint density at radius 1 is 1.19 bits per heavy atom. The van der Waals surface area contributed by atoms with E-state index in [1.54, 1.807) is 69.8 Å². The van der Waals surface area contributed by atoms with Crippen LogP contribution in [0.3, 0.4) is 0 Å². The van der Waals surface area contributed by atoms with Crippen LogP contribution in [0.5, 0.6) is 5.75 Å². The van der Waals surface area contributed by atoms with Crippen molar-refractivity contribution in [2.45, 2.75) is 127 Å². The zero-order valence-electron chi connectivity index (χ0n) is 35.0. The Balaban J connectivity index is 1.63. The Morgan fingerprint density at radius 3 is 2.55 bits per heavy atom. The predicted octanol–water partition coefficient (Wildman–Crippen LogP) is 6.04. The van der Waals surface area contributed by atoms with Crippen molar-refractivity contribution in [2.24, 2.45) is 5.92 Å². The van der Waals surface area contributed by atoms with E-state index in [-0.39, 0.29) is 41.2 Å². The standard InChI is InChI=1S/C41H58ClN3O11S2/c1-23-12-11-13-32(53-10)41(51)22-31(54-39(50)43-41)26(4)37-40(6,56-37)33(21-35(48)45(8)29-19-28(18-23)20-30(52-9)36(29)42)55-38(49)27(5)44(7)34(47)16-17-57-58-25(3)15-14-24(2)46/h11-13,19-20,25-27,31-33,37,51H,14-18,21-22H2,1-10H3,(H,43,50)/b13-11+,23-12+. The van der Waals surface area contributed by atoms with Crippen molar-refractivity contribution in [1.29, 1.82) is 0 Å². The van der Waals surface area contributed by atoms with Crippen molar-refractivity contribution in [3.63, 3.8) is 0 Å². The molecule has 2 saturated heterocycles. The van der Waals surface area contributed by atoms with Gasteiger partial charge in [0, 0.05) is 57.4 Å².